The molecule has 0 bridgehead atoms. The van der Waals surface area contributed by atoms with Crippen molar-refractivity contribution in [3.8, 4) is 5.75 Å². The topological polar surface area (TPSA) is 418 Å². The van der Waals surface area contributed by atoms with E-state index in [1.54, 1.807) is 0 Å². The predicted molar refractivity (Wildman–Crippen MR) is 300 cm³/mol. The van der Waals surface area contributed by atoms with Crippen LogP contribution < -0.4 is 0 Å². The number of carbonyl (C=O) groups is 3. The molecule has 0 spiro atoms. The normalized spacial score (nSPS) is 48.1. The fourth-order valence-corrected chi connectivity index (χ4v) is 17.3. The number of aliphatic hydroxyl groups is 12. The highest BCUT2D eigenvalue weighted by atomic mass is 16.8. The largest absolute Gasteiger partial charge is 0.508 e. The molecule has 4 saturated carbocycles. The lowest BCUT2D eigenvalue weighted by atomic mass is 9.33. The molecule has 1 aromatic carbocycles. The van der Waals surface area contributed by atoms with E-state index in [1.807, 2.05) is 0 Å². The summed E-state index contributed by atoms with van der Waals surface area (Å²) >= 11 is 0. The van der Waals surface area contributed by atoms with E-state index in [2.05, 4.69) is 54.5 Å². The lowest BCUT2D eigenvalue weighted by Crippen LogP contribution is -2.68. The van der Waals surface area contributed by atoms with Crippen molar-refractivity contribution in [3.63, 3.8) is 0 Å². The minimum Gasteiger partial charge on any atom is -0.508 e. The van der Waals surface area contributed by atoms with E-state index < -0.39 is 200 Å². The van der Waals surface area contributed by atoms with Gasteiger partial charge in [0.15, 0.2) is 31.1 Å². The first-order valence-corrected chi connectivity index (χ1v) is 30.7. The summed E-state index contributed by atoms with van der Waals surface area (Å²) < 4.78 is 54.1. The van der Waals surface area contributed by atoms with Crippen LogP contribution in [0.15, 0.2) is 42.0 Å². The molecule has 5 aliphatic carbocycles. The Hall–Kier alpha value is -3.85. The summed E-state index contributed by atoms with van der Waals surface area (Å²) in [6.45, 7) is 12.9. The van der Waals surface area contributed by atoms with Gasteiger partial charge in [-0.15, -0.1) is 0 Å². The number of phenols is 1. The Morgan fingerprint density at radius 1 is 0.625 bits per heavy atom. The number of esters is 2. The summed E-state index contributed by atoms with van der Waals surface area (Å²) in [5.41, 5.74) is -2.67. The van der Waals surface area contributed by atoms with Crippen molar-refractivity contribution in [2.24, 2.45) is 50.2 Å². The second-order valence-corrected chi connectivity index (χ2v) is 28.3. The summed E-state index contributed by atoms with van der Waals surface area (Å²) in [5, 5.41) is 151. The molecule has 26 nitrogen and oxygen atoms in total. The Balaban J connectivity index is 0.921. The molecule has 4 aliphatic heterocycles. The molecule has 10 rings (SSSR count). The van der Waals surface area contributed by atoms with Crippen LogP contribution in [0, 0.1) is 50.2 Å². The van der Waals surface area contributed by atoms with Crippen LogP contribution in [0.4, 0.5) is 0 Å². The van der Waals surface area contributed by atoms with Crippen LogP contribution in [0.25, 0.3) is 6.08 Å². The first kappa shape index (κ1) is 67.1. The Morgan fingerprint density at radius 2 is 1.24 bits per heavy atom. The maximum atomic E-state index is 15.6. The number of carbonyl (C=O) groups excluding carboxylic acids is 2. The number of aliphatic carboxylic acids is 1. The average Bonchev–Trinajstić information content (AvgIpc) is 0.689. The maximum Gasteiger partial charge on any atom is 0.335 e. The molecule has 4 heterocycles. The van der Waals surface area contributed by atoms with Crippen LogP contribution in [0.3, 0.4) is 0 Å². The first-order valence-electron chi connectivity index (χ1n) is 30.7. The van der Waals surface area contributed by atoms with Crippen molar-refractivity contribution in [1.82, 2.24) is 0 Å². The molecule has 0 unspecified atom stereocenters. The average molecular weight is 1250 g/mol. The van der Waals surface area contributed by atoms with Gasteiger partial charge in [0.1, 0.15) is 90.5 Å². The summed E-state index contributed by atoms with van der Waals surface area (Å²) in [4.78, 5) is 41.9. The minimum atomic E-state index is -2.04. The smallest absolute Gasteiger partial charge is 0.335 e. The molecule has 14 N–H and O–H groups in total. The lowest BCUT2D eigenvalue weighted by Gasteiger charge is -2.71. The van der Waals surface area contributed by atoms with Crippen LogP contribution in [-0.2, 0) is 57.0 Å². The molecule has 0 amide bonds. The van der Waals surface area contributed by atoms with Gasteiger partial charge in [0.05, 0.1) is 32.0 Å². The first-order chi connectivity index (χ1) is 41.3. The second-order valence-electron chi connectivity index (χ2n) is 28.3. The van der Waals surface area contributed by atoms with Crippen molar-refractivity contribution in [2.75, 3.05) is 19.8 Å². The van der Waals surface area contributed by atoms with Gasteiger partial charge in [-0.05, 0) is 126 Å². The fraction of sp³-hybridized carbons (Fsp3) is 0.790. The fourth-order valence-electron chi connectivity index (χ4n) is 17.3. The van der Waals surface area contributed by atoms with Crippen molar-refractivity contribution < 1.29 is 129 Å². The van der Waals surface area contributed by atoms with Gasteiger partial charge < -0.3 is 114 Å². The van der Waals surface area contributed by atoms with E-state index in [-0.39, 0.29) is 35.8 Å². The summed E-state index contributed by atoms with van der Waals surface area (Å²) in [5.74, 6) is -4.12. The number of fused-ring (bicyclic) bond motifs is 7. The van der Waals surface area contributed by atoms with Gasteiger partial charge in [0.25, 0.3) is 0 Å². The standard InChI is InChI=1S/C62H90O26/c1-57(2)20-21-62(56(79)88-54-50(84-38(68)15-10-27-8-11-28(65)12-9-27)47(31(66)26-80-54)85-52-45(75)41(71)39(69)32(24-63)81-52)30(22-57)29-13-14-35-59(5)18-17-37(58(3,4)34(59)16-19-60(35,6)61(29,7)23-36(62)67)83-55-49(44(74)43(73)48(86-55)51(77)78)87-53-46(76)42(72)40(70)33(25-64)82-53/h8-13,15,30-37,39-50,52-55,63-67,69-76H,14,16-26H2,1-7H3,(H,77,78)/t30-,31+,32+,33+,34-,35+,36+,37-,39+,40-,41-,42-,43-,44-,45+,46+,47-,48-,49+,50+,52+,53+,54+,55-,59-,60+,61+,62+/m0/s1. The zero-order chi connectivity index (χ0) is 64.1. The molecule has 26 heteroatoms. The Labute approximate surface area is 509 Å². The Bertz CT molecular complexity index is 2740. The SMILES string of the molecule is CC1(C)CC[C@]2(C(=O)O[C@H]3OC[C@@H](O)[C@H](O[C@H]4O[C@H](CO)[C@@H](O)[C@H](O)[C@H]4O)[C@H]3OC(=O)C=Cc3ccc(O)cc3)[C@H](O)C[C@]3(C)C(=CC[C@@H]4[C@@]5(C)CC[C@H](O[C@H]6O[C@H](C(=O)O)[C@@H](O)[C@H](O)[C@H]6O[C@H]6O[C@H](CO)[C@H](O)[C@H](O)[C@H]6O)C(C)(C)[C@@H]5CC[C@]43C)[C@@H]2C1. The highest BCUT2D eigenvalue weighted by molar-refractivity contribution is 5.87. The quantitative estimate of drug-likeness (QED) is 0.0489. The Kier molecular flexibility index (Phi) is 19.0. The van der Waals surface area contributed by atoms with Gasteiger partial charge in [-0.25, -0.2) is 9.59 Å². The van der Waals surface area contributed by atoms with E-state index in [0.29, 0.717) is 50.5 Å². The van der Waals surface area contributed by atoms with Crippen LogP contribution in [0.5, 0.6) is 5.75 Å². The second kappa shape index (κ2) is 24.9. The number of carboxylic acids is 1. The van der Waals surface area contributed by atoms with Gasteiger partial charge in [-0.1, -0.05) is 72.2 Å². The summed E-state index contributed by atoms with van der Waals surface area (Å²) in [6.07, 6.45) is -26.9. The number of hydrogen-bond acceptors (Lipinski definition) is 25. The number of carboxylic acid groups (broad SMARTS) is 1. The van der Waals surface area contributed by atoms with Crippen LogP contribution in [0.1, 0.15) is 112 Å². The van der Waals surface area contributed by atoms with E-state index >= 15 is 4.79 Å². The highest BCUT2D eigenvalue weighted by Crippen LogP contribution is 2.76. The van der Waals surface area contributed by atoms with Gasteiger partial charge in [0.2, 0.25) is 6.29 Å². The number of aromatic hydroxyl groups is 1. The molecule has 88 heavy (non-hydrogen) atoms. The molecule has 28 atom stereocenters. The van der Waals surface area contributed by atoms with E-state index in [9.17, 15) is 81.1 Å². The molecule has 494 valence electrons. The van der Waals surface area contributed by atoms with E-state index in [0.717, 1.165) is 11.6 Å². The van der Waals surface area contributed by atoms with Crippen LogP contribution in [0.2, 0.25) is 0 Å². The zero-order valence-corrected chi connectivity index (χ0v) is 50.5. The third kappa shape index (κ3) is 11.5. The number of ether oxygens (including phenoxy) is 9. The number of phenolic OH excluding ortho intramolecular Hbond substituents is 1. The third-order valence-corrected chi connectivity index (χ3v) is 22.6. The number of aliphatic hydroxyl groups excluding tert-OH is 12. The molecule has 1 aromatic rings. The highest BCUT2D eigenvalue weighted by Gasteiger charge is 2.72. The van der Waals surface area contributed by atoms with Crippen LogP contribution in [-0.4, -0.2) is 238 Å². The van der Waals surface area contributed by atoms with E-state index in [1.165, 1.54) is 30.3 Å². The zero-order valence-electron chi connectivity index (χ0n) is 50.5. The molecule has 4 saturated heterocycles. The van der Waals surface area contributed by atoms with Gasteiger partial charge in [-0.3, -0.25) is 4.79 Å². The summed E-state index contributed by atoms with van der Waals surface area (Å²) in [7, 11) is 0. The monoisotopic (exact) mass is 1250 g/mol. The van der Waals surface area contributed by atoms with Crippen molar-refractivity contribution in [3.05, 3.63) is 47.6 Å². The predicted octanol–water partition coefficient (Wildman–Crippen LogP) is -0.363. The lowest BCUT2D eigenvalue weighted by molar-refractivity contribution is -0.374. The molecule has 8 fully saturated rings. The molecule has 0 aromatic heterocycles. The molecular formula is C62H90O26. The molecule has 9 aliphatic rings. The van der Waals surface area contributed by atoms with Gasteiger partial charge in [0, 0.05) is 6.08 Å². The van der Waals surface area contributed by atoms with Crippen LogP contribution >= 0.6 is 0 Å². The summed E-state index contributed by atoms with van der Waals surface area (Å²) in [6, 6.07) is 5.88. The van der Waals surface area contributed by atoms with Gasteiger partial charge in [-0.2, -0.15) is 0 Å². The van der Waals surface area contributed by atoms with Crippen molar-refractivity contribution >= 4 is 24.0 Å². The number of allylic oxidation sites excluding steroid dienone is 2. The number of rotatable bonds is 14. The van der Waals surface area contributed by atoms with Gasteiger partial charge >= 0.3 is 17.9 Å². The van der Waals surface area contributed by atoms with Crippen molar-refractivity contribution in [1.29, 1.82) is 0 Å². The number of benzene rings is 1. The molecular weight excluding hydrogens is 1160 g/mol. The van der Waals surface area contributed by atoms with Crippen molar-refractivity contribution in [2.45, 2.75) is 235 Å². The minimum absolute atomic E-state index is 0.00114. The maximum absolute atomic E-state index is 15.6. The Morgan fingerprint density at radius 3 is 1.84 bits per heavy atom. The third-order valence-electron chi connectivity index (χ3n) is 22.6. The number of hydrogen-bond donors (Lipinski definition) is 14. The molecule has 0 radical (unpaired) electrons. The van der Waals surface area contributed by atoms with E-state index in [4.69, 9.17) is 42.6 Å².